The number of hydrogen-bond acceptors (Lipinski definition) is 6. The molecule has 2 saturated heterocycles. The standard InChI is InChI=1S/C19H21N3O2.2C2HF3O2/c1-24-16-6-4-14(5-7-16)13-21-10-8-17-18(21)11-19(23)22(17)15-3-2-9-20-12-15;2*3-2(4,5)1(6)7/h2-7,9,12,17-18H,8,10-11,13H2,1H3;2*(H,6,7)/t17-,18+;;/m0../s1. The summed E-state index contributed by atoms with van der Waals surface area (Å²) in [6.07, 6.45) is -5.03. The summed E-state index contributed by atoms with van der Waals surface area (Å²) in [6.45, 7) is 1.89. The van der Waals surface area contributed by atoms with Gasteiger partial charge in [-0.25, -0.2) is 9.59 Å². The van der Waals surface area contributed by atoms with Crippen molar-refractivity contribution in [2.75, 3.05) is 18.6 Å². The molecule has 9 nitrogen and oxygen atoms in total. The van der Waals surface area contributed by atoms with Gasteiger partial charge in [0.05, 0.1) is 25.0 Å². The van der Waals surface area contributed by atoms with Crippen LogP contribution in [0.1, 0.15) is 18.4 Å². The predicted octanol–water partition coefficient (Wildman–Crippen LogP) is 3.74. The second-order valence-electron chi connectivity index (χ2n) is 8.03. The van der Waals surface area contributed by atoms with E-state index in [1.165, 1.54) is 5.56 Å². The number of benzene rings is 1. The Labute approximate surface area is 212 Å². The highest BCUT2D eigenvalue weighted by atomic mass is 19.4. The van der Waals surface area contributed by atoms with E-state index in [0.29, 0.717) is 12.5 Å². The fourth-order valence-corrected chi connectivity index (χ4v) is 3.92. The minimum absolute atomic E-state index is 0.206. The highest BCUT2D eigenvalue weighted by Crippen LogP contribution is 2.36. The van der Waals surface area contributed by atoms with E-state index in [2.05, 4.69) is 22.0 Å². The molecule has 1 aromatic carbocycles. The first-order valence-electron chi connectivity index (χ1n) is 10.8. The average Bonchev–Trinajstić information content (AvgIpc) is 3.37. The van der Waals surface area contributed by atoms with E-state index < -0.39 is 24.3 Å². The largest absolute Gasteiger partial charge is 0.497 e. The second kappa shape index (κ2) is 12.6. The molecule has 2 aromatic rings. The molecule has 0 radical (unpaired) electrons. The monoisotopic (exact) mass is 551 g/mol. The molecular formula is C23H23F6N3O6. The number of carboxylic acids is 2. The van der Waals surface area contributed by atoms with Gasteiger partial charge >= 0.3 is 24.3 Å². The van der Waals surface area contributed by atoms with Crippen LogP contribution in [0.5, 0.6) is 5.75 Å². The van der Waals surface area contributed by atoms with Gasteiger partial charge < -0.3 is 19.8 Å². The Morgan fingerprint density at radius 3 is 2.00 bits per heavy atom. The molecule has 3 heterocycles. The highest BCUT2D eigenvalue weighted by molar-refractivity contribution is 5.97. The molecule has 1 amide bonds. The molecule has 2 aliphatic rings. The number of likely N-dealkylation sites (tertiary alicyclic amines) is 1. The third-order valence-corrected chi connectivity index (χ3v) is 5.56. The Morgan fingerprint density at radius 1 is 1.00 bits per heavy atom. The first-order valence-corrected chi connectivity index (χ1v) is 10.8. The Kier molecular flexibility index (Phi) is 10.0. The number of rotatable bonds is 4. The highest BCUT2D eigenvalue weighted by Gasteiger charge is 2.47. The van der Waals surface area contributed by atoms with Crippen LogP contribution in [0, 0.1) is 0 Å². The number of hydrogen-bond donors (Lipinski definition) is 2. The van der Waals surface area contributed by atoms with Gasteiger partial charge in [-0.2, -0.15) is 26.3 Å². The minimum atomic E-state index is -5.08. The molecule has 4 rings (SSSR count). The Bertz CT molecular complexity index is 1070. The predicted molar refractivity (Wildman–Crippen MR) is 119 cm³/mol. The molecule has 15 heteroatoms. The number of ether oxygens (including phenoxy) is 1. The molecular weight excluding hydrogens is 528 g/mol. The fraction of sp³-hybridized carbons (Fsp3) is 0.391. The van der Waals surface area contributed by atoms with Crippen molar-refractivity contribution < 1.29 is 55.7 Å². The van der Waals surface area contributed by atoms with Crippen LogP contribution in [0.3, 0.4) is 0 Å². The summed E-state index contributed by atoms with van der Waals surface area (Å²) < 4.78 is 68.7. The van der Waals surface area contributed by atoms with Crippen LogP contribution in [0.25, 0.3) is 0 Å². The number of pyridine rings is 1. The molecule has 208 valence electrons. The van der Waals surface area contributed by atoms with Crippen LogP contribution in [-0.2, 0) is 20.9 Å². The zero-order chi connectivity index (χ0) is 28.7. The van der Waals surface area contributed by atoms with Crippen molar-refractivity contribution in [1.29, 1.82) is 0 Å². The molecule has 0 saturated carbocycles. The number of fused-ring (bicyclic) bond motifs is 1. The van der Waals surface area contributed by atoms with Crippen molar-refractivity contribution in [2.45, 2.75) is 43.8 Å². The number of aliphatic carboxylic acids is 2. The lowest BCUT2D eigenvalue weighted by atomic mass is 10.1. The van der Waals surface area contributed by atoms with Gasteiger partial charge in [-0.15, -0.1) is 0 Å². The summed E-state index contributed by atoms with van der Waals surface area (Å²) >= 11 is 0. The third-order valence-electron chi connectivity index (χ3n) is 5.56. The number of carbonyl (C=O) groups is 3. The van der Waals surface area contributed by atoms with E-state index in [0.717, 1.165) is 30.9 Å². The average molecular weight is 551 g/mol. The summed E-state index contributed by atoms with van der Waals surface area (Å²) in [6, 6.07) is 12.6. The lowest BCUT2D eigenvalue weighted by Gasteiger charge is -2.25. The molecule has 1 aromatic heterocycles. The minimum Gasteiger partial charge on any atom is -0.497 e. The van der Waals surface area contributed by atoms with E-state index >= 15 is 0 Å². The number of carbonyl (C=O) groups excluding carboxylic acids is 1. The Morgan fingerprint density at radius 2 is 1.55 bits per heavy atom. The van der Waals surface area contributed by atoms with Crippen molar-refractivity contribution in [1.82, 2.24) is 9.88 Å². The quantitative estimate of drug-likeness (QED) is 0.552. The summed E-state index contributed by atoms with van der Waals surface area (Å²) in [5, 5.41) is 14.2. The topological polar surface area (TPSA) is 120 Å². The van der Waals surface area contributed by atoms with Crippen molar-refractivity contribution >= 4 is 23.5 Å². The SMILES string of the molecule is COc1ccc(CN2CC[C@H]3[C@H]2CC(=O)N3c2cccnc2)cc1.O=C(O)C(F)(F)F.O=C(O)C(F)(F)F. The molecule has 0 spiro atoms. The van der Waals surface area contributed by atoms with Gasteiger partial charge in [-0.1, -0.05) is 12.1 Å². The fourth-order valence-electron chi connectivity index (χ4n) is 3.92. The van der Waals surface area contributed by atoms with Gasteiger partial charge in [0.25, 0.3) is 0 Å². The number of methoxy groups -OCH3 is 1. The smallest absolute Gasteiger partial charge is 0.490 e. The first-order chi connectivity index (χ1) is 17.6. The lowest BCUT2D eigenvalue weighted by molar-refractivity contribution is -0.193. The van der Waals surface area contributed by atoms with E-state index in [1.54, 1.807) is 19.5 Å². The Balaban J connectivity index is 0.000000301. The third kappa shape index (κ3) is 8.33. The number of halogens is 6. The summed E-state index contributed by atoms with van der Waals surface area (Å²) in [5.41, 5.74) is 2.17. The van der Waals surface area contributed by atoms with Crippen molar-refractivity contribution in [3.63, 3.8) is 0 Å². The number of amides is 1. The molecule has 2 aliphatic heterocycles. The zero-order valence-corrected chi connectivity index (χ0v) is 19.7. The number of anilines is 1. The van der Waals surface area contributed by atoms with Crippen molar-refractivity contribution in [3.8, 4) is 5.75 Å². The molecule has 2 N–H and O–H groups in total. The van der Waals surface area contributed by atoms with E-state index in [1.807, 2.05) is 29.2 Å². The first kappa shape index (κ1) is 30.3. The summed E-state index contributed by atoms with van der Waals surface area (Å²) in [7, 11) is 1.68. The zero-order valence-electron chi connectivity index (χ0n) is 19.7. The van der Waals surface area contributed by atoms with E-state index in [4.69, 9.17) is 24.5 Å². The van der Waals surface area contributed by atoms with Gasteiger partial charge in [0.1, 0.15) is 5.75 Å². The molecule has 2 fully saturated rings. The van der Waals surface area contributed by atoms with Crippen LogP contribution in [0.15, 0.2) is 48.8 Å². The maximum Gasteiger partial charge on any atom is 0.490 e. The van der Waals surface area contributed by atoms with Crippen molar-refractivity contribution in [2.24, 2.45) is 0 Å². The Hall–Kier alpha value is -3.88. The number of alkyl halides is 6. The van der Waals surface area contributed by atoms with E-state index in [-0.39, 0.29) is 11.9 Å². The molecule has 0 aliphatic carbocycles. The van der Waals surface area contributed by atoms with Crippen LogP contribution in [0.4, 0.5) is 32.0 Å². The van der Waals surface area contributed by atoms with Gasteiger partial charge in [-0.3, -0.25) is 14.7 Å². The van der Waals surface area contributed by atoms with Gasteiger partial charge in [0, 0.05) is 31.7 Å². The summed E-state index contributed by atoms with van der Waals surface area (Å²) in [5.74, 6) is -4.44. The van der Waals surface area contributed by atoms with Crippen LogP contribution in [0.2, 0.25) is 0 Å². The van der Waals surface area contributed by atoms with E-state index in [9.17, 15) is 31.1 Å². The van der Waals surface area contributed by atoms with Crippen molar-refractivity contribution in [3.05, 3.63) is 54.4 Å². The number of carboxylic acid groups (broad SMARTS) is 2. The molecule has 2 atom stereocenters. The van der Waals surface area contributed by atoms with Gasteiger partial charge in [0.15, 0.2) is 0 Å². The second-order valence-corrected chi connectivity index (χ2v) is 8.03. The van der Waals surface area contributed by atoms with Crippen LogP contribution < -0.4 is 9.64 Å². The normalized spacial score (nSPS) is 19.0. The van der Waals surface area contributed by atoms with Crippen LogP contribution in [-0.4, -0.2) is 76.0 Å². The van der Waals surface area contributed by atoms with Gasteiger partial charge in [-0.05, 0) is 36.2 Å². The maximum absolute atomic E-state index is 12.5. The van der Waals surface area contributed by atoms with Crippen LogP contribution >= 0.6 is 0 Å². The summed E-state index contributed by atoms with van der Waals surface area (Å²) in [4.78, 5) is 38.9. The molecule has 0 bridgehead atoms. The maximum atomic E-state index is 12.5. The van der Waals surface area contributed by atoms with Gasteiger partial charge in [0.2, 0.25) is 5.91 Å². The lowest BCUT2D eigenvalue weighted by Crippen LogP contribution is -2.37. The number of aromatic nitrogens is 1. The number of nitrogens with zero attached hydrogens (tertiary/aromatic N) is 3. The molecule has 38 heavy (non-hydrogen) atoms. The molecule has 0 unspecified atom stereocenters.